The number of hydrogen-bond donors (Lipinski definition) is 0. The van der Waals surface area contributed by atoms with Crippen LogP contribution in [0.1, 0.15) is 65.2 Å². The van der Waals surface area contributed by atoms with Crippen molar-refractivity contribution in [1.29, 1.82) is 0 Å². The van der Waals surface area contributed by atoms with E-state index in [-0.39, 0.29) is 0 Å². The van der Waals surface area contributed by atoms with Gasteiger partial charge in [-0.2, -0.15) is 0 Å². The first-order chi connectivity index (χ1) is 11.0. The second-order valence-electron chi connectivity index (χ2n) is 7.95. The van der Waals surface area contributed by atoms with Crippen molar-refractivity contribution in [3.8, 4) is 0 Å². The van der Waals surface area contributed by atoms with Crippen molar-refractivity contribution >= 4 is 0 Å². The average molecular weight is 327 g/mol. The van der Waals surface area contributed by atoms with Crippen LogP contribution < -0.4 is 0 Å². The molecule has 0 aromatic heterocycles. The van der Waals surface area contributed by atoms with Gasteiger partial charge in [-0.3, -0.25) is 0 Å². The highest BCUT2D eigenvalue weighted by molar-refractivity contribution is 4.84. The molecule has 1 rings (SSSR count). The number of rotatable bonds is 15. The first-order valence-corrected chi connectivity index (χ1v) is 9.91. The van der Waals surface area contributed by atoms with Crippen molar-refractivity contribution < 1.29 is 4.74 Å². The maximum atomic E-state index is 5.48. The lowest BCUT2D eigenvalue weighted by Crippen LogP contribution is -2.39. The van der Waals surface area contributed by atoms with Gasteiger partial charge in [0.05, 0.1) is 0 Å². The van der Waals surface area contributed by atoms with E-state index in [1.54, 1.807) is 0 Å². The third-order valence-corrected chi connectivity index (χ3v) is 5.62. The van der Waals surface area contributed by atoms with Gasteiger partial charge in [-0.05, 0) is 70.7 Å². The van der Waals surface area contributed by atoms with Crippen LogP contribution in [0.4, 0.5) is 0 Å². The van der Waals surface area contributed by atoms with Crippen LogP contribution in [-0.2, 0) is 4.74 Å². The Morgan fingerprint density at radius 2 is 1.65 bits per heavy atom. The van der Waals surface area contributed by atoms with Crippen LogP contribution in [0.3, 0.4) is 0 Å². The second kappa shape index (κ2) is 11.4. The zero-order chi connectivity index (χ0) is 17.1. The smallest absolute Gasteiger partial charge is 0.0468 e. The fraction of sp³-hybridized carbons (Fsp3) is 1.00. The number of ether oxygens (including phenoxy) is 1. The molecule has 0 spiro atoms. The second-order valence-corrected chi connectivity index (χ2v) is 7.95. The quantitative estimate of drug-likeness (QED) is 0.447. The van der Waals surface area contributed by atoms with Crippen molar-refractivity contribution in [3.63, 3.8) is 0 Å². The lowest BCUT2D eigenvalue weighted by atomic mass is 9.75. The predicted octanol–water partition coefficient (Wildman–Crippen LogP) is 4.27. The molecular formula is C20H42N2O. The molecule has 1 unspecified atom stereocenters. The third-order valence-electron chi connectivity index (χ3n) is 5.62. The Labute approximate surface area is 145 Å². The number of hydrogen-bond acceptors (Lipinski definition) is 3. The SMILES string of the molecule is CCN(CC)CC(CCCC1CC1)(CCCN(C)C)CCOC. The van der Waals surface area contributed by atoms with Crippen LogP contribution >= 0.6 is 0 Å². The summed E-state index contributed by atoms with van der Waals surface area (Å²) in [4.78, 5) is 4.95. The normalized spacial score (nSPS) is 17.9. The molecule has 0 bridgehead atoms. The van der Waals surface area contributed by atoms with Crippen LogP contribution in [-0.4, -0.2) is 63.8 Å². The number of methoxy groups -OCH3 is 1. The summed E-state index contributed by atoms with van der Waals surface area (Å²) in [5.41, 5.74) is 0.451. The van der Waals surface area contributed by atoms with E-state index >= 15 is 0 Å². The summed E-state index contributed by atoms with van der Waals surface area (Å²) < 4.78 is 5.48. The van der Waals surface area contributed by atoms with E-state index in [1.807, 2.05) is 7.11 Å². The minimum absolute atomic E-state index is 0.451. The summed E-state index contributed by atoms with van der Waals surface area (Å²) in [6, 6.07) is 0. The molecule has 1 aliphatic rings. The van der Waals surface area contributed by atoms with Gasteiger partial charge in [0.15, 0.2) is 0 Å². The van der Waals surface area contributed by atoms with Gasteiger partial charge in [0.25, 0.3) is 0 Å². The van der Waals surface area contributed by atoms with Crippen LogP contribution in [0, 0.1) is 11.3 Å². The fourth-order valence-corrected chi connectivity index (χ4v) is 3.79. The van der Waals surface area contributed by atoms with Crippen LogP contribution in [0.2, 0.25) is 0 Å². The monoisotopic (exact) mass is 326 g/mol. The highest BCUT2D eigenvalue weighted by Gasteiger charge is 2.32. The summed E-state index contributed by atoms with van der Waals surface area (Å²) >= 11 is 0. The maximum Gasteiger partial charge on any atom is 0.0468 e. The van der Waals surface area contributed by atoms with Crippen molar-refractivity contribution in [2.75, 3.05) is 54.0 Å². The molecule has 1 fully saturated rings. The molecule has 0 amide bonds. The Balaban J connectivity index is 2.65. The van der Waals surface area contributed by atoms with Gasteiger partial charge >= 0.3 is 0 Å². The summed E-state index contributed by atoms with van der Waals surface area (Å²) in [5, 5.41) is 0. The molecule has 3 nitrogen and oxygen atoms in total. The molecule has 3 heteroatoms. The Bertz CT molecular complexity index is 277. The molecule has 0 N–H and O–H groups in total. The van der Waals surface area contributed by atoms with Crippen molar-refractivity contribution in [2.45, 2.75) is 65.2 Å². The van der Waals surface area contributed by atoms with E-state index in [1.165, 1.54) is 77.5 Å². The molecule has 1 saturated carbocycles. The number of nitrogens with zero attached hydrogens (tertiary/aromatic N) is 2. The molecule has 1 aliphatic carbocycles. The molecule has 0 aliphatic heterocycles. The molecule has 0 saturated heterocycles. The highest BCUT2D eigenvalue weighted by Crippen LogP contribution is 2.39. The van der Waals surface area contributed by atoms with Gasteiger partial charge in [0.2, 0.25) is 0 Å². The van der Waals surface area contributed by atoms with E-state index in [4.69, 9.17) is 4.74 Å². The van der Waals surface area contributed by atoms with E-state index in [9.17, 15) is 0 Å². The first-order valence-electron chi connectivity index (χ1n) is 9.91. The first kappa shape index (κ1) is 20.9. The molecule has 1 atom stereocenters. The molecule has 138 valence electrons. The summed E-state index contributed by atoms with van der Waals surface area (Å²) in [6.45, 7) is 10.3. The zero-order valence-electron chi connectivity index (χ0n) is 16.6. The highest BCUT2D eigenvalue weighted by atomic mass is 16.5. The van der Waals surface area contributed by atoms with Gasteiger partial charge in [-0.15, -0.1) is 0 Å². The lowest BCUT2D eigenvalue weighted by molar-refractivity contribution is 0.0756. The van der Waals surface area contributed by atoms with Gasteiger partial charge in [-0.25, -0.2) is 0 Å². The Kier molecular flexibility index (Phi) is 10.4. The summed E-state index contributed by atoms with van der Waals surface area (Å²) in [7, 11) is 6.23. The van der Waals surface area contributed by atoms with Crippen molar-refractivity contribution in [2.24, 2.45) is 11.3 Å². The summed E-state index contributed by atoms with van der Waals surface area (Å²) in [6.07, 6.45) is 11.1. The maximum absolute atomic E-state index is 5.48. The van der Waals surface area contributed by atoms with E-state index in [0.717, 1.165) is 12.5 Å². The van der Waals surface area contributed by atoms with Gasteiger partial charge in [0, 0.05) is 20.3 Å². The standard InChI is InChI=1S/C20H42N2O/c1-6-22(7-2)18-20(15-17-23-5,14-9-16-21(3)4)13-8-10-19-11-12-19/h19H,6-18H2,1-5H3. The average Bonchev–Trinajstić information content (AvgIpc) is 3.34. The lowest BCUT2D eigenvalue weighted by Gasteiger charge is -2.39. The van der Waals surface area contributed by atoms with Gasteiger partial charge in [0.1, 0.15) is 0 Å². The molecule has 0 heterocycles. The third kappa shape index (κ3) is 9.07. The Morgan fingerprint density at radius 3 is 2.17 bits per heavy atom. The van der Waals surface area contributed by atoms with Crippen molar-refractivity contribution in [1.82, 2.24) is 9.80 Å². The summed E-state index contributed by atoms with van der Waals surface area (Å²) in [5.74, 6) is 1.06. The fourth-order valence-electron chi connectivity index (χ4n) is 3.79. The van der Waals surface area contributed by atoms with Crippen LogP contribution in [0.15, 0.2) is 0 Å². The van der Waals surface area contributed by atoms with E-state index in [0.29, 0.717) is 5.41 Å². The minimum atomic E-state index is 0.451. The Hall–Kier alpha value is -0.120. The molecule has 0 aromatic carbocycles. The zero-order valence-corrected chi connectivity index (χ0v) is 16.6. The topological polar surface area (TPSA) is 15.7 Å². The largest absolute Gasteiger partial charge is 0.385 e. The van der Waals surface area contributed by atoms with Crippen LogP contribution in [0.5, 0.6) is 0 Å². The Morgan fingerprint density at radius 1 is 1.00 bits per heavy atom. The predicted molar refractivity (Wildman–Crippen MR) is 101 cm³/mol. The van der Waals surface area contributed by atoms with E-state index in [2.05, 4.69) is 37.7 Å². The molecule has 0 radical (unpaired) electrons. The molecule has 0 aromatic rings. The van der Waals surface area contributed by atoms with Crippen molar-refractivity contribution in [3.05, 3.63) is 0 Å². The molecular weight excluding hydrogens is 284 g/mol. The van der Waals surface area contributed by atoms with E-state index < -0.39 is 0 Å². The van der Waals surface area contributed by atoms with Crippen LogP contribution in [0.25, 0.3) is 0 Å². The molecule has 23 heavy (non-hydrogen) atoms. The minimum Gasteiger partial charge on any atom is -0.385 e. The van der Waals surface area contributed by atoms with Gasteiger partial charge < -0.3 is 14.5 Å². The van der Waals surface area contributed by atoms with Gasteiger partial charge in [-0.1, -0.05) is 39.5 Å².